The van der Waals surface area contributed by atoms with Gasteiger partial charge in [0.1, 0.15) is 6.23 Å². The van der Waals surface area contributed by atoms with Crippen molar-refractivity contribution in [2.75, 3.05) is 11.4 Å². The van der Waals surface area contributed by atoms with Gasteiger partial charge in [0.2, 0.25) is 0 Å². The summed E-state index contributed by atoms with van der Waals surface area (Å²) in [7, 11) is 0. The van der Waals surface area contributed by atoms with Gasteiger partial charge in [-0.15, -0.1) is 6.58 Å². The average molecular weight is 191 g/mol. The maximum absolute atomic E-state index is 9.57. The van der Waals surface area contributed by atoms with Gasteiger partial charge in [0.05, 0.1) is 0 Å². The molecule has 2 heteroatoms. The lowest BCUT2D eigenvalue weighted by Gasteiger charge is -2.26. The van der Waals surface area contributed by atoms with E-state index in [9.17, 15) is 5.11 Å². The Kier molecular flexibility index (Phi) is 3.72. The van der Waals surface area contributed by atoms with Crippen LogP contribution in [0.5, 0.6) is 0 Å². The van der Waals surface area contributed by atoms with Crippen molar-refractivity contribution in [3.63, 3.8) is 0 Å². The van der Waals surface area contributed by atoms with Gasteiger partial charge in [-0.05, 0) is 31.5 Å². The molecule has 0 saturated heterocycles. The summed E-state index contributed by atoms with van der Waals surface area (Å²) in [4.78, 5) is 1.89. The molecular formula is C12H17NO. The summed E-state index contributed by atoms with van der Waals surface area (Å²) in [5, 5.41) is 9.57. The van der Waals surface area contributed by atoms with Crippen molar-refractivity contribution in [1.29, 1.82) is 0 Å². The first-order chi connectivity index (χ1) is 6.65. The van der Waals surface area contributed by atoms with Crippen LogP contribution in [-0.4, -0.2) is 17.9 Å². The second-order valence-electron chi connectivity index (χ2n) is 3.41. The van der Waals surface area contributed by atoms with Crippen LogP contribution in [0.2, 0.25) is 0 Å². The van der Waals surface area contributed by atoms with Crippen molar-refractivity contribution < 1.29 is 5.11 Å². The number of anilines is 1. The number of hydrogen-bond donors (Lipinski definition) is 1. The van der Waals surface area contributed by atoms with E-state index in [1.165, 1.54) is 5.56 Å². The Bertz CT molecular complexity index is 307. The Morgan fingerprint density at radius 1 is 1.57 bits per heavy atom. The van der Waals surface area contributed by atoms with Crippen LogP contribution in [0.4, 0.5) is 5.69 Å². The molecule has 0 aliphatic carbocycles. The molecule has 0 amide bonds. The topological polar surface area (TPSA) is 23.5 Å². The smallest absolute Gasteiger partial charge is 0.124 e. The Labute approximate surface area is 85.5 Å². The molecule has 1 atom stereocenters. The maximum Gasteiger partial charge on any atom is 0.124 e. The van der Waals surface area contributed by atoms with Crippen LogP contribution in [0.25, 0.3) is 0 Å². The van der Waals surface area contributed by atoms with Gasteiger partial charge in [0.15, 0.2) is 0 Å². The highest BCUT2D eigenvalue weighted by Crippen LogP contribution is 2.17. The monoisotopic (exact) mass is 191 g/mol. The first kappa shape index (κ1) is 10.8. The lowest BCUT2D eigenvalue weighted by Crippen LogP contribution is -2.32. The molecule has 0 bridgehead atoms. The minimum absolute atomic E-state index is 0.491. The molecule has 1 N–H and O–H groups in total. The molecule has 0 fully saturated rings. The highest BCUT2D eigenvalue weighted by molar-refractivity contribution is 5.49. The van der Waals surface area contributed by atoms with Crippen molar-refractivity contribution in [3.05, 3.63) is 42.5 Å². The second-order valence-corrected chi connectivity index (χ2v) is 3.41. The molecule has 1 aromatic carbocycles. The molecule has 0 aliphatic heterocycles. The van der Waals surface area contributed by atoms with E-state index in [0.29, 0.717) is 6.54 Å². The van der Waals surface area contributed by atoms with Gasteiger partial charge in [-0.2, -0.15) is 0 Å². The molecular weight excluding hydrogens is 174 g/mol. The van der Waals surface area contributed by atoms with E-state index in [1.807, 2.05) is 30.0 Å². The number of aliphatic hydroxyl groups excluding tert-OH is 1. The van der Waals surface area contributed by atoms with Crippen LogP contribution in [0, 0.1) is 6.92 Å². The standard InChI is InChI=1S/C12H17NO/c1-4-8-13(11(3)14)12-7-5-6-10(2)9-12/h4-7,9,11,14H,1,8H2,2-3H3. The number of aryl methyl sites for hydroxylation is 1. The van der Waals surface area contributed by atoms with Gasteiger partial charge in [-0.3, -0.25) is 0 Å². The molecule has 0 spiro atoms. The van der Waals surface area contributed by atoms with Gasteiger partial charge >= 0.3 is 0 Å². The van der Waals surface area contributed by atoms with E-state index in [2.05, 4.69) is 12.6 Å². The van der Waals surface area contributed by atoms with Crippen LogP contribution in [0.3, 0.4) is 0 Å². The van der Waals surface area contributed by atoms with Gasteiger partial charge in [0, 0.05) is 12.2 Å². The quantitative estimate of drug-likeness (QED) is 0.583. The number of aliphatic hydroxyl groups is 1. The molecule has 2 nitrogen and oxygen atoms in total. The summed E-state index contributed by atoms with van der Waals surface area (Å²) >= 11 is 0. The molecule has 1 rings (SSSR count). The van der Waals surface area contributed by atoms with Crippen LogP contribution in [0.1, 0.15) is 12.5 Å². The molecule has 0 aromatic heterocycles. The molecule has 1 aromatic rings. The van der Waals surface area contributed by atoms with E-state index in [1.54, 1.807) is 13.0 Å². The van der Waals surface area contributed by atoms with Gasteiger partial charge in [-0.25, -0.2) is 0 Å². The minimum Gasteiger partial charge on any atom is -0.374 e. The largest absolute Gasteiger partial charge is 0.374 e. The Morgan fingerprint density at radius 2 is 2.29 bits per heavy atom. The zero-order valence-corrected chi connectivity index (χ0v) is 8.77. The molecule has 0 aliphatic rings. The van der Waals surface area contributed by atoms with Crippen molar-refractivity contribution in [1.82, 2.24) is 0 Å². The predicted octanol–water partition coefficient (Wildman–Crippen LogP) is 2.33. The van der Waals surface area contributed by atoms with Crippen molar-refractivity contribution >= 4 is 5.69 Å². The molecule has 1 unspecified atom stereocenters. The highest BCUT2D eigenvalue weighted by atomic mass is 16.3. The molecule has 0 radical (unpaired) electrons. The maximum atomic E-state index is 9.57. The second kappa shape index (κ2) is 4.82. The zero-order chi connectivity index (χ0) is 10.6. The fraction of sp³-hybridized carbons (Fsp3) is 0.333. The average Bonchev–Trinajstić information content (AvgIpc) is 2.13. The van der Waals surface area contributed by atoms with Crippen LogP contribution in [-0.2, 0) is 0 Å². The van der Waals surface area contributed by atoms with Crippen LogP contribution >= 0.6 is 0 Å². The number of hydrogen-bond acceptors (Lipinski definition) is 2. The first-order valence-corrected chi connectivity index (χ1v) is 4.77. The van der Waals surface area contributed by atoms with Crippen molar-refractivity contribution in [2.24, 2.45) is 0 Å². The first-order valence-electron chi connectivity index (χ1n) is 4.77. The van der Waals surface area contributed by atoms with E-state index in [4.69, 9.17) is 0 Å². The summed E-state index contributed by atoms with van der Waals surface area (Å²) in [6.07, 6.45) is 1.30. The summed E-state index contributed by atoms with van der Waals surface area (Å²) in [6.45, 7) is 8.13. The van der Waals surface area contributed by atoms with E-state index in [0.717, 1.165) is 5.69 Å². The highest BCUT2D eigenvalue weighted by Gasteiger charge is 2.09. The normalized spacial score (nSPS) is 12.2. The van der Waals surface area contributed by atoms with Crippen molar-refractivity contribution in [3.8, 4) is 0 Å². The lowest BCUT2D eigenvalue weighted by atomic mass is 10.2. The van der Waals surface area contributed by atoms with Gasteiger partial charge in [0.25, 0.3) is 0 Å². The van der Waals surface area contributed by atoms with Gasteiger partial charge in [-0.1, -0.05) is 18.2 Å². The third-order valence-corrected chi connectivity index (χ3v) is 2.11. The number of rotatable bonds is 4. The third kappa shape index (κ3) is 2.60. The number of benzene rings is 1. The lowest BCUT2D eigenvalue weighted by molar-refractivity contribution is 0.191. The fourth-order valence-electron chi connectivity index (χ4n) is 1.42. The number of nitrogens with zero attached hydrogens (tertiary/aromatic N) is 1. The van der Waals surface area contributed by atoms with E-state index < -0.39 is 6.23 Å². The zero-order valence-electron chi connectivity index (χ0n) is 8.77. The van der Waals surface area contributed by atoms with Gasteiger partial charge < -0.3 is 10.0 Å². The van der Waals surface area contributed by atoms with Crippen LogP contribution < -0.4 is 4.90 Å². The summed E-state index contributed by atoms with van der Waals surface area (Å²) in [6, 6.07) is 8.07. The van der Waals surface area contributed by atoms with E-state index in [-0.39, 0.29) is 0 Å². The summed E-state index contributed by atoms with van der Waals surface area (Å²) in [5.41, 5.74) is 2.22. The molecule has 0 heterocycles. The van der Waals surface area contributed by atoms with Crippen molar-refractivity contribution in [2.45, 2.75) is 20.1 Å². The Hall–Kier alpha value is -1.28. The molecule has 0 saturated carbocycles. The fourth-order valence-corrected chi connectivity index (χ4v) is 1.42. The Morgan fingerprint density at radius 3 is 2.79 bits per heavy atom. The minimum atomic E-state index is -0.491. The van der Waals surface area contributed by atoms with E-state index >= 15 is 0 Å². The SMILES string of the molecule is C=CCN(c1cccc(C)c1)C(C)O. The molecule has 14 heavy (non-hydrogen) atoms. The molecule has 76 valence electrons. The summed E-state index contributed by atoms with van der Waals surface area (Å²) in [5.74, 6) is 0. The predicted molar refractivity (Wildman–Crippen MR) is 60.4 cm³/mol. The third-order valence-electron chi connectivity index (χ3n) is 2.11. The Balaban J connectivity index is 2.92. The summed E-state index contributed by atoms with van der Waals surface area (Å²) < 4.78 is 0. The van der Waals surface area contributed by atoms with Crippen LogP contribution in [0.15, 0.2) is 36.9 Å².